The smallest absolute Gasteiger partial charge is 0.335 e. The molecule has 0 unspecified atom stereocenters. The van der Waals surface area contributed by atoms with Gasteiger partial charge in [0.2, 0.25) is 0 Å². The third-order valence-electron chi connectivity index (χ3n) is 3.74. The van der Waals surface area contributed by atoms with Gasteiger partial charge in [-0.1, -0.05) is 12.1 Å². The monoisotopic (exact) mass is 281 g/mol. The topological polar surface area (TPSA) is 62.3 Å². The van der Waals surface area contributed by atoms with Crippen molar-refractivity contribution in [3.05, 3.63) is 53.7 Å². The Balaban J connectivity index is 2.25. The normalized spacial score (nSPS) is 10.8. The number of rotatable bonds is 3. The van der Waals surface area contributed by atoms with Crippen LogP contribution < -0.4 is 4.74 Å². The van der Waals surface area contributed by atoms with Crippen LogP contribution in [0.25, 0.3) is 22.0 Å². The van der Waals surface area contributed by atoms with Crippen LogP contribution in [0.15, 0.2) is 42.6 Å². The fraction of sp³-hybridized carbons (Fsp3) is 0.118. The van der Waals surface area contributed by atoms with Crippen molar-refractivity contribution >= 4 is 16.9 Å². The molecule has 0 aliphatic heterocycles. The molecule has 1 aromatic heterocycles. The fourth-order valence-electron chi connectivity index (χ4n) is 2.61. The quantitative estimate of drug-likeness (QED) is 0.766. The van der Waals surface area contributed by atoms with Gasteiger partial charge < -0.3 is 14.8 Å². The first-order chi connectivity index (χ1) is 10.1. The predicted molar refractivity (Wildman–Crippen MR) is 82.0 cm³/mol. The van der Waals surface area contributed by atoms with E-state index in [1.807, 2.05) is 37.4 Å². The van der Waals surface area contributed by atoms with E-state index in [0.717, 1.165) is 33.3 Å². The molecule has 106 valence electrons. The molecule has 0 radical (unpaired) electrons. The van der Waals surface area contributed by atoms with E-state index in [1.54, 1.807) is 19.2 Å². The largest absolute Gasteiger partial charge is 0.497 e. The number of benzene rings is 2. The molecule has 2 N–H and O–H groups in total. The average molecular weight is 281 g/mol. The lowest BCUT2D eigenvalue weighted by atomic mass is 9.96. The molecule has 0 saturated carbocycles. The summed E-state index contributed by atoms with van der Waals surface area (Å²) < 4.78 is 5.27. The van der Waals surface area contributed by atoms with Crippen molar-refractivity contribution in [1.82, 2.24) is 4.98 Å². The van der Waals surface area contributed by atoms with Crippen LogP contribution in [0.1, 0.15) is 15.9 Å². The predicted octanol–water partition coefficient (Wildman–Crippen LogP) is 3.85. The highest BCUT2D eigenvalue weighted by Crippen LogP contribution is 2.33. The van der Waals surface area contributed by atoms with Crippen molar-refractivity contribution in [3.63, 3.8) is 0 Å². The molecule has 4 heteroatoms. The zero-order valence-electron chi connectivity index (χ0n) is 11.8. The molecule has 21 heavy (non-hydrogen) atoms. The lowest BCUT2D eigenvalue weighted by Gasteiger charge is -2.08. The minimum Gasteiger partial charge on any atom is -0.497 e. The number of H-pyrrole nitrogens is 1. The van der Waals surface area contributed by atoms with Gasteiger partial charge in [0, 0.05) is 22.7 Å². The molecule has 4 nitrogen and oxygen atoms in total. The summed E-state index contributed by atoms with van der Waals surface area (Å²) in [5.41, 5.74) is 3.96. The maximum absolute atomic E-state index is 11.3. The van der Waals surface area contributed by atoms with E-state index >= 15 is 0 Å². The van der Waals surface area contributed by atoms with Gasteiger partial charge in [0.1, 0.15) is 5.75 Å². The lowest BCUT2D eigenvalue weighted by Crippen LogP contribution is -2.00. The molecule has 0 spiro atoms. The summed E-state index contributed by atoms with van der Waals surface area (Å²) >= 11 is 0. The SMILES string of the molecule is COc1ccc2[nH]cc(-c3cccc(C(=O)O)c3C)c2c1. The third-order valence-corrected chi connectivity index (χ3v) is 3.74. The van der Waals surface area contributed by atoms with Gasteiger partial charge in [-0.25, -0.2) is 4.79 Å². The number of methoxy groups -OCH3 is 1. The summed E-state index contributed by atoms with van der Waals surface area (Å²) in [6.07, 6.45) is 1.90. The Morgan fingerprint density at radius 2 is 2.00 bits per heavy atom. The summed E-state index contributed by atoms with van der Waals surface area (Å²) in [6, 6.07) is 11.1. The Kier molecular flexibility index (Phi) is 3.14. The number of hydrogen-bond acceptors (Lipinski definition) is 2. The first-order valence-corrected chi connectivity index (χ1v) is 6.60. The average Bonchev–Trinajstić information content (AvgIpc) is 2.90. The molecule has 0 saturated heterocycles. The van der Waals surface area contributed by atoms with Crippen LogP contribution in [-0.4, -0.2) is 23.2 Å². The number of carbonyl (C=O) groups is 1. The van der Waals surface area contributed by atoms with Crippen molar-refractivity contribution in [3.8, 4) is 16.9 Å². The number of carboxylic acids is 1. The van der Waals surface area contributed by atoms with Gasteiger partial charge in [-0.05, 0) is 42.3 Å². The second kappa shape index (κ2) is 4.98. The molecule has 3 rings (SSSR count). The highest BCUT2D eigenvalue weighted by Gasteiger charge is 2.14. The van der Waals surface area contributed by atoms with Crippen molar-refractivity contribution in [2.45, 2.75) is 6.92 Å². The first-order valence-electron chi connectivity index (χ1n) is 6.60. The summed E-state index contributed by atoms with van der Waals surface area (Å²) in [6.45, 7) is 1.83. The highest BCUT2D eigenvalue weighted by molar-refractivity contribution is 5.99. The van der Waals surface area contributed by atoms with Crippen molar-refractivity contribution in [1.29, 1.82) is 0 Å². The van der Waals surface area contributed by atoms with E-state index in [0.29, 0.717) is 5.56 Å². The van der Waals surface area contributed by atoms with Gasteiger partial charge in [0.25, 0.3) is 0 Å². The minimum atomic E-state index is -0.910. The molecule has 2 aromatic carbocycles. The summed E-state index contributed by atoms with van der Waals surface area (Å²) in [4.78, 5) is 14.5. The van der Waals surface area contributed by atoms with E-state index < -0.39 is 5.97 Å². The fourth-order valence-corrected chi connectivity index (χ4v) is 2.61. The van der Waals surface area contributed by atoms with Crippen LogP contribution in [0.3, 0.4) is 0 Å². The number of carboxylic acid groups (broad SMARTS) is 1. The number of aromatic nitrogens is 1. The van der Waals surface area contributed by atoms with E-state index in [4.69, 9.17) is 4.74 Å². The zero-order chi connectivity index (χ0) is 15.0. The molecule has 0 amide bonds. The number of aromatic amines is 1. The third kappa shape index (κ3) is 2.14. The van der Waals surface area contributed by atoms with Crippen LogP contribution in [0.2, 0.25) is 0 Å². The molecule has 0 aliphatic rings. The van der Waals surface area contributed by atoms with Gasteiger partial charge in [-0.3, -0.25) is 0 Å². The van der Waals surface area contributed by atoms with Gasteiger partial charge in [0.05, 0.1) is 12.7 Å². The Hall–Kier alpha value is -2.75. The van der Waals surface area contributed by atoms with Crippen LogP contribution in [-0.2, 0) is 0 Å². The second-order valence-corrected chi connectivity index (χ2v) is 4.90. The van der Waals surface area contributed by atoms with E-state index in [1.165, 1.54) is 0 Å². The molecule has 1 heterocycles. The summed E-state index contributed by atoms with van der Waals surface area (Å²) in [5, 5.41) is 10.3. The molecule has 0 bridgehead atoms. The zero-order valence-corrected chi connectivity index (χ0v) is 11.8. The number of hydrogen-bond donors (Lipinski definition) is 2. The molecular weight excluding hydrogens is 266 g/mol. The molecule has 0 atom stereocenters. The van der Waals surface area contributed by atoms with Crippen molar-refractivity contribution < 1.29 is 14.6 Å². The van der Waals surface area contributed by atoms with Gasteiger partial charge in [0.15, 0.2) is 0 Å². The van der Waals surface area contributed by atoms with Gasteiger partial charge in [-0.2, -0.15) is 0 Å². The Morgan fingerprint density at radius 1 is 1.19 bits per heavy atom. The molecule has 0 fully saturated rings. The first kappa shape index (κ1) is 13.2. The maximum Gasteiger partial charge on any atom is 0.335 e. The lowest BCUT2D eigenvalue weighted by molar-refractivity contribution is 0.0696. The summed E-state index contributed by atoms with van der Waals surface area (Å²) in [5.74, 6) is -0.137. The standard InChI is InChI=1S/C17H15NO3/c1-10-12(4-3-5-13(10)17(19)20)15-9-18-16-7-6-11(21-2)8-14(15)16/h3-9,18H,1-2H3,(H,19,20). The van der Waals surface area contributed by atoms with Gasteiger partial charge in [-0.15, -0.1) is 0 Å². The molecular formula is C17H15NO3. The van der Waals surface area contributed by atoms with Crippen LogP contribution in [0, 0.1) is 6.92 Å². The van der Waals surface area contributed by atoms with Gasteiger partial charge >= 0.3 is 5.97 Å². The molecule has 0 aliphatic carbocycles. The number of fused-ring (bicyclic) bond motifs is 1. The highest BCUT2D eigenvalue weighted by atomic mass is 16.5. The van der Waals surface area contributed by atoms with Crippen molar-refractivity contribution in [2.24, 2.45) is 0 Å². The molecule has 3 aromatic rings. The Bertz CT molecular complexity index is 833. The Morgan fingerprint density at radius 3 is 2.71 bits per heavy atom. The van der Waals surface area contributed by atoms with Crippen LogP contribution in [0.4, 0.5) is 0 Å². The number of ether oxygens (including phenoxy) is 1. The Labute approximate surface area is 122 Å². The minimum absolute atomic E-state index is 0.324. The van der Waals surface area contributed by atoms with E-state index in [-0.39, 0.29) is 0 Å². The maximum atomic E-state index is 11.3. The number of aromatic carboxylic acids is 1. The van der Waals surface area contributed by atoms with E-state index in [9.17, 15) is 9.90 Å². The summed E-state index contributed by atoms with van der Waals surface area (Å²) in [7, 11) is 1.63. The van der Waals surface area contributed by atoms with Crippen LogP contribution in [0.5, 0.6) is 5.75 Å². The second-order valence-electron chi connectivity index (χ2n) is 4.90. The van der Waals surface area contributed by atoms with E-state index in [2.05, 4.69) is 4.98 Å². The number of nitrogens with one attached hydrogen (secondary N) is 1. The van der Waals surface area contributed by atoms with Crippen LogP contribution >= 0.6 is 0 Å². The van der Waals surface area contributed by atoms with Crippen molar-refractivity contribution in [2.75, 3.05) is 7.11 Å².